The molecule has 3 aromatic carbocycles. The maximum absolute atomic E-state index is 11.6. The minimum atomic E-state index is -0.949. The van der Waals surface area contributed by atoms with Gasteiger partial charge >= 0.3 is 11.9 Å². The third kappa shape index (κ3) is 6.01. The van der Waals surface area contributed by atoms with Crippen molar-refractivity contribution in [1.82, 2.24) is 14.8 Å². The van der Waals surface area contributed by atoms with Crippen LogP contribution in [0.15, 0.2) is 78.0 Å². The molecule has 0 aliphatic heterocycles. The first kappa shape index (κ1) is 25.2. The second-order valence-electron chi connectivity index (χ2n) is 8.43. The number of unbranched alkanes of at least 4 members (excludes halogenated alkanes) is 1. The Hall–Kier alpha value is -3.91. The average molecular weight is 502 g/mol. The summed E-state index contributed by atoms with van der Waals surface area (Å²) in [6.45, 7) is 2.73. The van der Waals surface area contributed by atoms with Crippen LogP contribution in [-0.4, -0.2) is 36.9 Å². The topological polar surface area (TPSA) is 105 Å². The summed E-state index contributed by atoms with van der Waals surface area (Å²) in [6, 6.07) is 21.8. The molecule has 8 heteroatoms. The summed E-state index contributed by atoms with van der Waals surface area (Å²) >= 11 is 1.53. The average Bonchev–Trinajstić information content (AvgIpc) is 3.27. The Morgan fingerprint density at radius 2 is 1.67 bits per heavy atom. The monoisotopic (exact) mass is 501 g/mol. The smallest absolute Gasteiger partial charge is 0.336 e. The van der Waals surface area contributed by atoms with Crippen LogP contribution in [0.2, 0.25) is 0 Å². The van der Waals surface area contributed by atoms with Gasteiger partial charge in [-0.1, -0.05) is 79.7 Å². The Balaban J connectivity index is 1.56. The third-order valence-corrected chi connectivity index (χ3v) is 6.89. The molecular weight excluding hydrogens is 474 g/mol. The first-order valence-corrected chi connectivity index (χ1v) is 12.7. The van der Waals surface area contributed by atoms with Crippen molar-refractivity contribution in [1.29, 1.82) is 0 Å². The quantitative estimate of drug-likeness (QED) is 0.242. The van der Waals surface area contributed by atoms with Crippen molar-refractivity contribution < 1.29 is 19.8 Å². The summed E-state index contributed by atoms with van der Waals surface area (Å²) in [5.74, 6) is -0.395. The fraction of sp³-hybridized carbons (Fsp3) is 0.214. The number of carboxylic acids is 2. The second kappa shape index (κ2) is 11.7. The van der Waals surface area contributed by atoms with Crippen molar-refractivity contribution in [2.75, 3.05) is 0 Å². The van der Waals surface area contributed by atoms with Gasteiger partial charge in [0.15, 0.2) is 5.16 Å². The van der Waals surface area contributed by atoms with E-state index in [2.05, 4.69) is 21.7 Å². The predicted octanol–water partition coefficient (Wildman–Crippen LogP) is 6.02. The largest absolute Gasteiger partial charge is 0.478 e. The van der Waals surface area contributed by atoms with E-state index in [1.807, 2.05) is 42.5 Å². The molecule has 0 aliphatic rings. The zero-order valence-corrected chi connectivity index (χ0v) is 20.7. The van der Waals surface area contributed by atoms with E-state index in [4.69, 9.17) is 0 Å². The SMILES string of the molecule is CCCCc1nnc(SCc2cccc(C(=O)O)c2)n1Cc1ccc(-c2ccccc2C(=O)O)cc1. The molecule has 0 bridgehead atoms. The van der Waals surface area contributed by atoms with Crippen molar-refractivity contribution in [3.63, 3.8) is 0 Å². The predicted molar refractivity (Wildman–Crippen MR) is 140 cm³/mol. The van der Waals surface area contributed by atoms with Crippen LogP contribution in [0.3, 0.4) is 0 Å². The molecule has 0 unspecified atom stereocenters. The molecule has 36 heavy (non-hydrogen) atoms. The molecule has 7 nitrogen and oxygen atoms in total. The summed E-state index contributed by atoms with van der Waals surface area (Å²) in [5, 5.41) is 28.4. The van der Waals surface area contributed by atoms with Gasteiger partial charge in [0.2, 0.25) is 0 Å². The summed E-state index contributed by atoms with van der Waals surface area (Å²) < 4.78 is 2.11. The second-order valence-corrected chi connectivity index (χ2v) is 9.37. The minimum absolute atomic E-state index is 0.266. The summed E-state index contributed by atoms with van der Waals surface area (Å²) in [7, 11) is 0. The molecule has 0 atom stereocenters. The van der Waals surface area contributed by atoms with Crippen molar-refractivity contribution in [2.24, 2.45) is 0 Å². The maximum Gasteiger partial charge on any atom is 0.336 e. The molecule has 0 saturated heterocycles. The van der Waals surface area contributed by atoms with Gasteiger partial charge in [-0.15, -0.1) is 10.2 Å². The number of rotatable bonds is 11. The standard InChI is InChI=1S/C28H27N3O4S/c1-2-3-11-25-29-30-28(36-18-20-7-6-8-22(16-20)26(32)33)31(25)17-19-12-14-21(15-13-19)23-9-4-5-10-24(23)27(34)35/h4-10,12-16H,2-3,11,17-18H2,1H3,(H,32,33)(H,34,35). The van der Waals surface area contributed by atoms with Gasteiger partial charge in [0.05, 0.1) is 17.7 Å². The highest BCUT2D eigenvalue weighted by atomic mass is 32.2. The Morgan fingerprint density at radius 1 is 0.889 bits per heavy atom. The fourth-order valence-electron chi connectivity index (χ4n) is 3.94. The highest BCUT2D eigenvalue weighted by Gasteiger charge is 2.15. The number of aryl methyl sites for hydroxylation is 1. The van der Waals surface area contributed by atoms with E-state index < -0.39 is 11.9 Å². The molecule has 1 aromatic heterocycles. The Morgan fingerprint density at radius 3 is 2.39 bits per heavy atom. The van der Waals surface area contributed by atoms with Gasteiger partial charge < -0.3 is 14.8 Å². The molecule has 0 saturated carbocycles. The van der Waals surface area contributed by atoms with Crippen molar-refractivity contribution in [3.8, 4) is 11.1 Å². The zero-order chi connectivity index (χ0) is 25.5. The normalized spacial score (nSPS) is 10.9. The first-order valence-electron chi connectivity index (χ1n) is 11.7. The van der Waals surface area contributed by atoms with Gasteiger partial charge in [-0.05, 0) is 46.9 Å². The highest BCUT2D eigenvalue weighted by molar-refractivity contribution is 7.98. The van der Waals surface area contributed by atoms with Crippen LogP contribution in [0.5, 0.6) is 0 Å². The van der Waals surface area contributed by atoms with E-state index >= 15 is 0 Å². The van der Waals surface area contributed by atoms with Gasteiger partial charge in [-0.3, -0.25) is 0 Å². The van der Waals surface area contributed by atoms with Crippen LogP contribution in [0.25, 0.3) is 11.1 Å². The van der Waals surface area contributed by atoms with Gasteiger partial charge in [0.25, 0.3) is 0 Å². The van der Waals surface area contributed by atoms with E-state index in [0.717, 1.165) is 46.9 Å². The van der Waals surface area contributed by atoms with E-state index in [-0.39, 0.29) is 11.1 Å². The third-order valence-electron chi connectivity index (χ3n) is 5.85. The molecule has 0 spiro atoms. The highest BCUT2D eigenvalue weighted by Crippen LogP contribution is 2.27. The lowest BCUT2D eigenvalue weighted by Gasteiger charge is -2.12. The van der Waals surface area contributed by atoms with Gasteiger partial charge in [0, 0.05) is 12.2 Å². The molecule has 184 valence electrons. The van der Waals surface area contributed by atoms with E-state index in [0.29, 0.717) is 17.9 Å². The first-order chi connectivity index (χ1) is 17.5. The number of thioether (sulfide) groups is 1. The Labute approximate surface area is 213 Å². The lowest BCUT2D eigenvalue weighted by atomic mass is 9.99. The number of carbonyl (C=O) groups is 2. The number of benzene rings is 3. The molecule has 0 fully saturated rings. The number of hydrogen-bond donors (Lipinski definition) is 2. The summed E-state index contributed by atoms with van der Waals surface area (Å²) in [4.78, 5) is 22.9. The zero-order valence-electron chi connectivity index (χ0n) is 19.9. The molecule has 0 radical (unpaired) electrons. The molecule has 4 aromatic rings. The molecule has 4 rings (SSSR count). The van der Waals surface area contributed by atoms with Crippen LogP contribution in [-0.2, 0) is 18.7 Å². The van der Waals surface area contributed by atoms with Gasteiger partial charge in [-0.2, -0.15) is 0 Å². The van der Waals surface area contributed by atoms with E-state index in [9.17, 15) is 19.8 Å². The molecular formula is C28H27N3O4S. The van der Waals surface area contributed by atoms with Crippen LogP contribution >= 0.6 is 11.8 Å². The molecule has 2 N–H and O–H groups in total. The number of aromatic nitrogens is 3. The van der Waals surface area contributed by atoms with Crippen LogP contribution in [0.1, 0.15) is 57.4 Å². The van der Waals surface area contributed by atoms with Crippen molar-refractivity contribution in [2.45, 2.75) is 43.6 Å². The lowest BCUT2D eigenvalue weighted by Crippen LogP contribution is -2.07. The van der Waals surface area contributed by atoms with Crippen LogP contribution < -0.4 is 0 Å². The fourth-order valence-corrected chi connectivity index (χ4v) is 4.84. The maximum atomic E-state index is 11.6. The Kier molecular flexibility index (Phi) is 8.17. The van der Waals surface area contributed by atoms with Crippen LogP contribution in [0, 0.1) is 0 Å². The summed E-state index contributed by atoms with van der Waals surface area (Å²) in [5.41, 5.74) is 4.04. The molecule has 1 heterocycles. The number of hydrogen-bond acceptors (Lipinski definition) is 5. The number of nitrogens with zero attached hydrogens (tertiary/aromatic N) is 3. The number of carboxylic acid groups (broad SMARTS) is 2. The summed E-state index contributed by atoms with van der Waals surface area (Å²) in [6.07, 6.45) is 2.88. The van der Waals surface area contributed by atoms with Crippen molar-refractivity contribution in [3.05, 3.63) is 101 Å². The molecule has 0 aliphatic carbocycles. The lowest BCUT2D eigenvalue weighted by molar-refractivity contribution is 0.0686. The van der Waals surface area contributed by atoms with Crippen molar-refractivity contribution >= 4 is 23.7 Å². The van der Waals surface area contributed by atoms with Gasteiger partial charge in [0.1, 0.15) is 5.82 Å². The Bertz CT molecular complexity index is 1370. The van der Waals surface area contributed by atoms with Gasteiger partial charge in [-0.25, -0.2) is 9.59 Å². The number of aromatic carboxylic acids is 2. The van der Waals surface area contributed by atoms with E-state index in [1.54, 1.807) is 30.3 Å². The van der Waals surface area contributed by atoms with Crippen LogP contribution in [0.4, 0.5) is 0 Å². The minimum Gasteiger partial charge on any atom is -0.478 e. The molecule has 0 amide bonds. The van der Waals surface area contributed by atoms with E-state index in [1.165, 1.54) is 11.8 Å².